The Morgan fingerprint density at radius 3 is 2.54 bits per heavy atom. The smallest absolute Gasteiger partial charge is 0.354 e. The highest BCUT2D eigenvalue weighted by molar-refractivity contribution is 5.86. The Labute approximate surface area is 139 Å². The van der Waals surface area contributed by atoms with Crippen molar-refractivity contribution in [2.24, 2.45) is 0 Å². The molecule has 3 rings (SSSR count). The van der Waals surface area contributed by atoms with Gasteiger partial charge in [0.25, 0.3) is 0 Å². The molecule has 1 N–H and O–H groups in total. The first-order valence-corrected chi connectivity index (χ1v) is 7.78. The molecule has 0 saturated carbocycles. The molecule has 1 amide bonds. The highest BCUT2D eigenvalue weighted by Crippen LogP contribution is 2.08. The Morgan fingerprint density at radius 2 is 1.88 bits per heavy atom. The minimum Gasteiger partial charge on any atom is -0.477 e. The van der Waals surface area contributed by atoms with Crippen LogP contribution < -0.4 is 0 Å². The number of carboxylic acids is 1. The summed E-state index contributed by atoms with van der Waals surface area (Å²) >= 11 is 0. The molecule has 3 heterocycles. The first-order chi connectivity index (χ1) is 11.6. The number of amides is 1. The second-order valence-electron chi connectivity index (χ2n) is 5.66. The van der Waals surface area contributed by atoms with Crippen molar-refractivity contribution >= 4 is 11.9 Å². The van der Waals surface area contributed by atoms with Crippen LogP contribution in [0.4, 0.5) is 0 Å². The van der Waals surface area contributed by atoms with Crippen LogP contribution in [0, 0.1) is 0 Å². The van der Waals surface area contributed by atoms with Crippen molar-refractivity contribution < 1.29 is 14.7 Å². The van der Waals surface area contributed by atoms with Crippen molar-refractivity contribution in [3.8, 4) is 0 Å². The molecule has 1 aliphatic heterocycles. The lowest BCUT2D eigenvalue weighted by Crippen LogP contribution is -2.49. The molecule has 0 aliphatic carbocycles. The molecule has 0 bridgehead atoms. The number of hydrogen-bond acceptors (Lipinski definition) is 5. The topological polar surface area (TPSA) is 91.6 Å². The molecule has 24 heavy (non-hydrogen) atoms. The van der Waals surface area contributed by atoms with E-state index in [9.17, 15) is 9.59 Å². The van der Waals surface area contributed by atoms with Gasteiger partial charge in [0.1, 0.15) is 12.2 Å². The SMILES string of the molecule is O=C(O)c1ccnn1CC(=O)N1CCN(Cc2ccccn2)CC1. The third kappa shape index (κ3) is 3.77. The van der Waals surface area contributed by atoms with Crippen LogP contribution >= 0.6 is 0 Å². The van der Waals surface area contributed by atoms with E-state index in [2.05, 4.69) is 15.0 Å². The fourth-order valence-corrected chi connectivity index (χ4v) is 2.74. The predicted octanol–water partition coefficient (Wildman–Crippen LogP) is 0.321. The summed E-state index contributed by atoms with van der Waals surface area (Å²) in [4.78, 5) is 31.7. The van der Waals surface area contributed by atoms with E-state index in [0.29, 0.717) is 13.1 Å². The third-order valence-corrected chi connectivity index (χ3v) is 4.06. The maximum absolute atomic E-state index is 12.3. The van der Waals surface area contributed by atoms with E-state index in [0.717, 1.165) is 25.3 Å². The van der Waals surface area contributed by atoms with E-state index in [1.165, 1.54) is 16.9 Å². The molecular formula is C16H19N5O3. The van der Waals surface area contributed by atoms with E-state index in [-0.39, 0.29) is 18.1 Å². The fourth-order valence-electron chi connectivity index (χ4n) is 2.74. The number of piperazine rings is 1. The highest BCUT2D eigenvalue weighted by Gasteiger charge is 2.23. The van der Waals surface area contributed by atoms with Crippen molar-refractivity contribution in [3.63, 3.8) is 0 Å². The summed E-state index contributed by atoms with van der Waals surface area (Å²) in [6.45, 7) is 3.51. The van der Waals surface area contributed by atoms with Crippen molar-refractivity contribution in [2.75, 3.05) is 26.2 Å². The van der Waals surface area contributed by atoms with Crippen molar-refractivity contribution in [1.82, 2.24) is 24.6 Å². The van der Waals surface area contributed by atoms with Crippen LogP contribution in [0.3, 0.4) is 0 Å². The average molecular weight is 329 g/mol. The zero-order valence-corrected chi connectivity index (χ0v) is 13.2. The first-order valence-electron chi connectivity index (χ1n) is 7.78. The van der Waals surface area contributed by atoms with Crippen molar-refractivity contribution in [2.45, 2.75) is 13.1 Å². The molecule has 1 fully saturated rings. The lowest BCUT2D eigenvalue weighted by molar-refractivity contribution is -0.133. The number of pyridine rings is 1. The van der Waals surface area contributed by atoms with Crippen LogP contribution in [-0.4, -0.2) is 67.7 Å². The molecule has 126 valence electrons. The number of carbonyl (C=O) groups excluding carboxylic acids is 1. The normalized spacial score (nSPS) is 15.4. The Morgan fingerprint density at radius 1 is 1.08 bits per heavy atom. The van der Waals surface area contributed by atoms with Gasteiger partial charge < -0.3 is 10.0 Å². The van der Waals surface area contributed by atoms with Gasteiger partial charge in [-0.05, 0) is 18.2 Å². The number of hydrogen-bond donors (Lipinski definition) is 1. The molecule has 1 aliphatic rings. The second kappa shape index (κ2) is 7.22. The molecule has 0 spiro atoms. The zero-order valence-electron chi connectivity index (χ0n) is 13.2. The molecular weight excluding hydrogens is 310 g/mol. The fraction of sp³-hybridized carbons (Fsp3) is 0.375. The van der Waals surface area contributed by atoms with E-state index < -0.39 is 5.97 Å². The van der Waals surface area contributed by atoms with Gasteiger partial charge in [0.05, 0.1) is 5.69 Å². The van der Waals surface area contributed by atoms with E-state index >= 15 is 0 Å². The summed E-state index contributed by atoms with van der Waals surface area (Å²) in [5, 5.41) is 13.0. The molecule has 0 unspecified atom stereocenters. The number of carboxylic acid groups (broad SMARTS) is 1. The molecule has 2 aromatic heterocycles. The molecule has 8 heteroatoms. The maximum Gasteiger partial charge on any atom is 0.354 e. The van der Waals surface area contributed by atoms with Gasteiger partial charge in [0.15, 0.2) is 0 Å². The highest BCUT2D eigenvalue weighted by atomic mass is 16.4. The number of nitrogens with zero attached hydrogens (tertiary/aromatic N) is 5. The van der Waals surface area contributed by atoms with Crippen LogP contribution in [0.1, 0.15) is 16.2 Å². The summed E-state index contributed by atoms with van der Waals surface area (Å²) < 4.78 is 1.23. The summed E-state index contributed by atoms with van der Waals surface area (Å²) in [6, 6.07) is 7.23. The number of aromatic carboxylic acids is 1. The second-order valence-corrected chi connectivity index (χ2v) is 5.66. The van der Waals surface area contributed by atoms with Gasteiger partial charge >= 0.3 is 5.97 Å². The van der Waals surface area contributed by atoms with Crippen LogP contribution in [0.2, 0.25) is 0 Å². The predicted molar refractivity (Wildman–Crippen MR) is 85.3 cm³/mol. The monoisotopic (exact) mass is 329 g/mol. The van der Waals surface area contributed by atoms with E-state index in [1.807, 2.05) is 18.2 Å². The largest absolute Gasteiger partial charge is 0.477 e. The Hall–Kier alpha value is -2.74. The van der Waals surface area contributed by atoms with Gasteiger partial charge in [0.2, 0.25) is 5.91 Å². The zero-order chi connectivity index (χ0) is 16.9. The van der Waals surface area contributed by atoms with Crippen LogP contribution in [0.25, 0.3) is 0 Å². The van der Waals surface area contributed by atoms with Crippen LogP contribution in [-0.2, 0) is 17.9 Å². The van der Waals surface area contributed by atoms with Gasteiger partial charge in [-0.3, -0.25) is 14.7 Å². The minimum absolute atomic E-state index is 0.0251. The Kier molecular flexibility index (Phi) is 4.85. The summed E-state index contributed by atoms with van der Waals surface area (Å²) in [6.07, 6.45) is 3.17. The van der Waals surface area contributed by atoms with Gasteiger partial charge in [0, 0.05) is 45.1 Å². The Balaban J connectivity index is 1.52. The molecule has 1 saturated heterocycles. The van der Waals surface area contributed by atoms with Gasteiger partial charge in [-0.15, -0.1) is 0 Å². The van der Waals surface area contributed by atoms with Crippen LogP contribution in [0.15, 0.2) is 36.7 Å². The summed E-state index contributed by atoms with van der Waals surface area (Å²) in [5.41, 5.74) is 1.04. The molecule has 8 nitrogen and oxygen atoms in total. The quantitative estimate of drug-likeness (QED) is 0.849. The number of rotatable bonds is 5. The number of aromatic nitrogens is 3. The third-order valence-electron chi connectivity index (χ3n) is 4.06. The Bertz CT molecular complexity index is 708. The average Bonchev–Trinajstić information content (AvgIpc) is 3.05. The summed E-state index contributed by atoms with van der Waals surface area (Å²) in [7, 11) is 0. The van der Waals surface area contributed by atoms with Crippen LogP contribution in [0.5, 0.6) is 0 Å². The lowest BCUT2D eigenvalue weighted by atomic mass is 10.2. The van der Waals surface area contributed by atoms with E-state index in [1.54, 1.807) is 11.1 Å². The van der Waals surface area contributed by atoms with Gasteiger partial charge in [-0.2, -0.15) is 5.10 Å². The van der Waals surface area contributed by atoms with Gasteiger partial charge in [-0.1, -0.05) is 6.07 Å². The first kappa shape index (κ1) is 16.1. The van der Waals surface area contributed by atoms with Gasteiger partial charge in [-0.25, -0.2) is 9.48 Å². The molecule has 0 radical (unpaired) electrons. The maximum atomic E-state index is 12.3. The summed E-state index contributed by atoms with van der Waals surface area (Å²) in [5.74, 6) is -1.20. The standard InChI is InChI=1S/C16H19N5O3/c22-15(12-21-14(16(23)24)4-6-18-21)20-9-7-19(8-10-20)11-13-3-1-2-5-17-13/h1-6H,7-12H2,(H,23,24). The number of carbonyl (C=O) groups is 2. The van der Waals surface area contributed by atoms with Crippen molar-refractivity contribution in [3.05, 3.63) is 48.0 Å². The molecule has 0 atom stereocenters. The minimum atomic E-state index is -1.08. The van der Waals surface area contributed by atoms with Crippen molar-refractivity contribution in [1.29, 1.82) is 0 Å². The molecule has 0 aromatic carbocycles. The lowest BCUT2D eigenvalue weighted by Gasteiger charge is -2.34. The van der Waals surface area contributed by atoms with E-state index in [4.69, 9.17) is 5.11 Å². The molecule has 2 aromatic rings.